The van der Waals surface area contributed by atoms with Gasteiger partial charge in [0.2, 0.25) is 0 Å². The van der Waals surface area contributed by atoms with Crippen LogP contribution in [0.5, 0.6) is 0 Å². The van der Waals surface area contributed by atoms with Gasteiger partial charge in [-0.25, -0.2) is 9.97 Å². The minimum Gasteiger partial charge on any atom is -0.388 e. The van der Waals surface area contributed by atoms with E-state index in [4.69, 9.17) is 18.0 Å². The summed E-state index contributed by atoms with van der Waals surface area (Å²) in [7, 11) is 4.27. The minimum atomic E-state index is 0.292. The molecule has 6 heteroatoms. The maximum absolute atomic E-state index is 5.50. The second-order valence-electron chi connectivity index (χ2n) is 4.81. The molecule has 1 aliphatic heterocycles. The molecule has 0 atom stereocenters. The average molecular weight is 265 g/mol. The summed E-state index contributed by atoms with van der Waals surface area (Å²) in [6.45, 7) is 2.04. The van der Waals surface area contributed by atoms with Crippen LogP contribution in [0.1, 0.15) is 18.5 Å². The van der Waals surface area contributed by atoms with Crippen LogP contribution in [-0.4, -0.2) is 53.1 Å². The first-order valence-electron chi connectivity index (χ1n) is 6.11. The highest BCUT2D eigenvalue weighted by molar-refractivity contribution is 7.80. The molecule has 98 valence electrons. The van der Waals surface area contributed by atoms with Gasteiger partial charge in [-0.2, -0.15) is 0 Å². The van der Waals surface area contributed by atoms with Crippen molar-refractivity contribution in [3.8, 4) is 0 Å². The second-order valence-corrected chi connectivity index (χ2v) is 5.25. The minimum absolute atomic E-state index is 0.292. The molecule has 0 saturated carbocycles. The van der Waals surface area contributed by atoms with Crippen molar-refractivity contribution in [2.75, 3.05) is 32.1 Å². The number of piperidine rings is 1. The van der Waals surface area contributed by atoms with Crippen LogP contribution >= 0.6 is 12.2 Å². The van der Waals surface area contributed by atoms with Crippen LogP contribution in [0.3, 0.4) is 0 Å². The SMILES string of the molecule is CN(C)C1CCN(c2cnc(C(N)=S)cn2)CC1. The topological polar surface area (TPSA) is 58.3 Å². The van der Waals surface area contributed by atoms with Crippen LogP contribution < -0.4 is 10.6 Å². The number of nitrogens with two attached hydrogens (primary N) is 1. The fourth-order valence-electron chi connectivity index (χ4n) is 2.22. The zero-order chi connectivity index (χ0) is 13.1. The van der Waals surface area contributed by atoms with E-state index in [0.717, 1.165) is 31.7 Å². The number of hydrogen-bond donors (Lipinski definition) is 1. The fourth-order valence-corrected chi connectivity index (χ4v) is 2.33. The van der Waals surface area contributed by atoms with Crippen molar-refractivity contribution < 1.29 is 0 Å². The Bertz CT molecular complexity index is 409. The lowest BCUT2D eigenvalue weighted by Crippen LogP contribution is -2.42. The highest BCUT2D eigenvalue weighted by Crippen LogP contribution is 2.19. The molecule has 0 radical (unpaired) electrons. The van der Waals surface area contributed by atoms with Gasteiger partial charge >= 0.3 is 0 Å². The normalized spacial score (nSPS) is 17.2. The Morgan fingerprint density at radius 2 is 2.00 bits per heavy atom. The van der Waals surface area contributed by atoms with Crippen LogP contribution in [0.25, 0.3) is 0 Å². The van der Waals surface area contributed by atoms with Gasteiger partial charge < -0.3 is 15.5 Å². The van der Waals surface area contributed by atoms with Gasteiger partial charge in [-0.1, -0.05) is 12.2 Å². The molecular weight excluding hydrogens is 246 g/mol. The Hall–Kier alpha value is -1.27. The van der Waals surface area contributed by atoms with Crippen LogP contribution in [0.2, 0.25) is 0 Å². The van der Waals surface area contributed by atoms with Crippen molar-refractivity contribution in [2.45, 2.75) is 18.9 Å². The predicted molar refractivity (Wildman–Crippen MR) is 76.8 cm³/mol. The van der Waals surface area contributed by atoms with Crippen molar-refractivity contribution >= 4 is 23.0 Å². The molecule has 1 aromatic rings. The van der Waals surface area contributed by atoms with E-state index in [-0.39, 0.29) is 0 Å². The molecule has 5 nitrogen and oxygen atoms in total. The third kappa shape index (κ3) is 2.94. The van der Waals surface area contributed by atoms with Crippen LogP contribution in [0.15, 0.2) is 12.4 Å². The third-order valence-electron chi connectivity index (χ3n) is 3.41. The maximum atomic E-state index is 5.50. The van der Waals surface area contributed by atoms with Crippen LogP contribution in [-0.2, 0) is 0 Å². The standard InChI is InChI=1S/C12H19N5S/c1-16(2)9-3-5-17(6-4-9)11-8-14-10(7-15-11)12(13)18/h7-9H,3-6H2,1-2H3,(H2,13,18). The molecule has 2 rings (SSSR count). The lowest BCUT2D eigenvalue weighted by molar-refractivity contribution is 0.249. The molecule has 18 heavy (non-hydrogen) atoms. The van der Waals surface area contributed by atoms with Gasteiger partial charge in [0.1, 0.15) is 16.5 Å². The molecule has 2 N–H and O–H groups in total. The number of hydrogen-bond acceptors (Lipinski definition) is 5. The molecule has 1 aromatic heterocycles. The van der Waals surface area contributed by atoms with Gasteiger partial charge in [-0.05, 0) is 26.9 Å². The molecule has 0 spiro atoms. The molecule has 0 amide bonds. The van der Waals surface area contributed by atoms with Crippen molar-refractivity contribution in [3.63, 3.8) is 0 Å². The van der Waals surface area contributed by atoms with Gasteiger partial charge in [0, 0.05) is 19.1 Å². The van der Waals surface area contributed by atoms with Gasteiger partial charge in [0.15, 0.2) is 0 Å². The van der Waals surface area contributed by atoms with Crippen molar-refractivity contribution in [3.05, 3.63) is 18.1 Å². The zero-order valence-corrected chi connectivity index (χ0v) is 11.7. The van der Waals surface area contributed by atoms with E-state index in [1.54, 1.807) is 12.4 Å². The first-order chi connectivity index (χ1) is 8.58. The summed E-state index contributed by atoms with van der Waals surface area (Å²) in [6.07, 6.45) is 5.72. The number of nitrogens with zero attached hydrogens (tertiary/aromatic N) is 4. The first kappa shape index (κ1) is 13.2. The first-order valence-corrected chi connectivity index (χ1v) is 6.52. The van der Waals surface area contributed by atoms with Crippen molar-refractivity contribution in [1.82, 2.24) is 14.9 Å². The van der Waals surface area contributed by atoms with Gasteiger partial charge in [0.25, 0.3) is 0 Å². The van der Waals surface area contributed by atoms with Gasteiger partial charge in [-0.15, -0.1) is 0 Å². The quantitative estimate of drug-likeness (QED) is 0.810. The number of aromatic nitrogens is 2. The van der Waals surface area contributed by atoms with Crippen LogP contribution in [0, 0.1) is 0 Å². The maximum Gasteiger partial charge on any atom is 0.147 e. The van der Waals surface area contributed by atoms with E-state index in [0.29, 0.717) is 16.7 Å². The molecule has 0 bridgehead atoms. The summed E-state index contributed by atoms with van der Waals surface area (Å²) in [5, 5.41) is 0. The highest BCUT2D eigenvalue weighted by atomic mass is 32.1. The largest absolute Gasteiger partial charge is 0.388 e. The van der Waals surface area contributed by atoms with E-state index < -0.39 is 0 Å². The van der Waals surface area contributed by atoms with E-state index in [1.165, 1.54) is 0 Å². The Balaban J connectivity index is 1.99. The summed E-state index contributed by atoms with van der Waals surface area (Å²) in [4.78, 5) is 13.4. The molecule has 0 aliphatic carbocycles. The second kappa shape index (κ2) is 5.58. The van der Waals surface area contributed by atoms with Gasteiger partial charge in [-0.3, -0.25) is 0 Å². The van der Waals surface area contributed by atoms with E-state index >= 15 is 0 Å². The smallest absolute Gasteiger partial charge is 0.147 e. The van der Waals surface area contributed by atoms with Crippen LogP contribution in [0.4, 0.5) is 5.82 Å². The summed E-state index contributed by atoms with van der Waals surface area (Å²) in [5.41, 5.74) is 6.08. The molecule has 1 saturated heterocycles. The molecule has 1 fully saturated rings. The van der Waals surface area contributed by atoms with E-state index in [1.807, 2.05) is 0 Å². The summed E-state index contributed by atoms with van der Waals surface area (Å²) >= 11 is 4.86. The summed E-state index contributed by atoms with van der Waals surface area (Å²) in [6, 6.07) is 0.671. The monoisotopic (exact) mass is 265 g/mol. The van der Waals surface area contributed by atoms with Crippen molar-refractivity contribution in [1.29, 1.82) is 0 Å². The van der Waals surface area contributed by atoms with E-state index in [9.17, 15) is 0 Å². The predicted octanol–water partition coefficient (Wildman–Crippen LogP) is 0.641. The summed E-state index contributed by atoms with van der Waals surface area (Å²) in [5.74, 6) is 0.909. The number of rotatable bonds is 3. The van der Waals surface area contributed by atoms with Crippen molar-refractivity contribution in [2.24, 2.45) is 5.73 Å². The lowest BCUT2D eigenvalue weighted by atomic mass is 10.0. The summed E-state index contributed by atoms with van der Waals surface area (Å²) < 4.78 is 0. The Morgan fingerprint density at radius 1 is 1.33 bits per heavy atom. The Labute approximate surface area is 113 Å². The molecule has 1 aliphatic rings. The third-order valence-corrected chi connectivity index (χ3v) is 3.62. The highest BCUT2D eigenvalue weighted by Gasteiger charge is 2.21. The average Bonchev–Trinajstić information content (AvgIpc) is 2.39. The Kier molecular flexibility index (Phi) is 4.08. The number of thiocarbonyl (C=S) groups is 1. The molecule has 0 aromatic carbocycles. The zero-order valence-electron chi connectivity index (χ0n) is 10.8. The van der Waals surface area contributed by atoms with E-state index in [2.05, 4.69) is 33.9 Å². The fraction of sp³-hybridized carbons (Fsp3) is 0.583. The molecule has 2 heterocycles. The molecule has 0 unspecified atom stereocenters. The molecular formula is C12H19N5S. The van der Waals surface area contributed by atoms with Gasteiger partial charge in [0.05, 0.1) is 12.4 Å². The lowest BCUT2D eigenvalue weighted by Gasteiger charge is -2.35. The Morgan fingerprint density at radius 3 is 2.44 bits per heavy atom. The number of anilines is 1.